The van der Waals surface area contributed by atoms with Gasteiger partial charge in [0.25, 0.3) is 0 Å². The van der Waals surface area contributed by atoms with Crippen LogP contribution in [0.2, 0.25) is 0 Å². The third kappa shape index (κ3) is 1.84. The summed E-state index contributed by atoms with van der Waals surface area (Å²) in [6, 6.07) is 3.84. The molecular weight excluding hydrogens is 166 g/mol. The van der Waals surface area contributed by atoms with Crippen molar-refractivity contribution in [3.63, 3.8) is 0 Å². The molecule has 13 heavy (non-hydrogen) atoms. The van der Waals surface area contributed by atoms with E-state index in [-0.39, 0.29) is 5.88 Å². The number of imidazole rings is 1. The molecule has 4 nitrogen and oxygen atoms in total. The predicted molar refractivity (Wildman–Crippen MR) is 47.3 cm³/mol. The fourth-order valence-electron chi connectivity index (χ4n) is 1.14. The minimum absolute atomic E-state index is 0.0962. The van der Waals surface area contributed by atoms with Crippen LogP contribution in [0.1, 0.15) is 11.4 Å². The zero-order chi connectivity index (χ0) is 9.10. The van der Waals surface area contributed by atoms with E-state index < -0.39 is 0 Å². The number of aromatic amines is 1. The Hall–Kier alpha value is -1.84. The zero-order valence-electron chi connectivity index (χ0n) is 6.94. The van der Waals surface area contributed by atoms with Crippen LogP contribution in [0.25, 0.3) is 0 Å². The van der Waals surface area contributed by atoms with Crippen LogP contribution in [0.5, 0.6) is 5.88 Å². The number of H-pyrrole nitrogens is 1. The van der Waals surface area contributed by atoms with Crippen LogP contribution in [-0.4, -0.2) is 20.1 Å². The second-order valence-electron chi connectivity index (χ2n) is 2.75. The molecule has 2 aromatic rings. The van der Waals surface area contributed by atoms with Crippen molar-refractivity contribution >= 4 is 0 Å². The van der Waals surface area contributed by atoms with Crippen molar-refractivity contribution in [1.82, 2.24) is 15.0 Å². The Morgan fingerprint density at radius 3 is 2.92 bits per heavy atom. The van der Waals surface area contributed by atoms with Crippen LogP contribution in [0.4, 0.5) is 0 Å². The summed E-state index contributed by atoms with van der Waals surface area (Å²) in [5.74, 6) is 0.837. The normalized spacial score (nSPS) is 10.2. The molecule has 0 aliphatic heterocycles. The summed E-state index contributed by atoms with van der Waals surface area (Å²) < 4.78 is 0. The van der Waals surface area contributed by atoms with Gasteiger partial charge in [-0.3, -0.25) is 4.98 Å². The molecule has 2 aromatic heterocycles. The highest BCUT2D eigenvalue weighted by atomic mass is 16.3. The lowest BCUT2D eigenvalue weighted by molar-refractivity contribution is 0.455. The second kappa shape index (κ2) is 3.26. The highest BCUT2D eigenvalue weighted by Gasteiger charge is 1.99. The van der Waals surface area contributed by atoms with Crippen LogP contribution < -0.4 is 0 Å². The van der Waals surface area contributed by atoms with Crippen LogP contribution >= 0.6 is 0 Å². The van der Waals surface area contributed by atoms with Gasteiger partial charge in [0, 0.05) is 18.8 Å². The van der Waals surface area contributed by atoms with Gasteiger partial charge in [-0.1, -0.05) is 6.07 Å². The van der Waals surface area contributed by atoms with E-state index in [0.29, 0.717) is 6.42 Å². The van der Waals surface area contributed by atoms with Crippen molar-refractivity contribution in [2.45, 2.75) is 6.42 Å². The Balaban J connectivity index is 2.15. The molecule has 4 heteroatoms. The molecule has 0 aromatic carbocycles. The van der Waals surface area contributed by atoms with E-state index in [1.807, 2.05) is 12.1 Å². The van der Waals surface area contributed by atoms with Crippen molar-refractivity contribution in [3.05, 3.63) is 42.1 Å². The summed E-state index contributed by atoms with van der Waals surface area (Å²) in [5.41, 5.74) is 1.07. The van der Waals surface area contributed by atoms with E-state index >= 15 is 0 Å². The lowest BCUT2D eigenvalue weighted by Gasteiger charge is -1.95. The molecule has 0 aliphatic rings. The highest BCUT2D eigenvalue weighted by Crippen LogP contribution is 2.07. The molecular formula is C9H9N3O. The predicted octanol–water partition coefficient (Wildman–Crippen LogP) is 1.10. The third-order valence-electron chi connectivity index (χ3n) is 1.71. The molecule has 2 N–H and O–H groups in total. The largest absolute Gasteiger partial charge is 0.493 e. The topological polar surface area (TPSA) is 61.8 Å². The molecule has 2 rings (SSSR count). The first-order valence-electron chi connectivity index (χ1n) is 3.96. The van der Waals surface area contributed by atoms with E-state index in [1.54, 1.807) is 12.4 Å². The average Bonchev–Trinajstić information content (AvgIpc) is 2.53. The Bertz CT molecular complexity index is 383. The van der Waals surface area contributed by atoms with Gasteiger partial charge in [0.05, 0.1) is 6.20 Å². The molecule has 0 saturated carbocycles. The van der Waals surface area contributed by atoms with Crippen LogP contribution in [0.15, 0.2) is 30.7 Å². The zero-order valence-corrected chi connectivity index (χ0v) is 6.94. The number of hydrogen-bond acceptors (Lipinski definition) is 3. The summed E-state index contributed by atoms with van der Waals surface area (Å²) in [6.07, 6.45) is 5.56. The maximum absolute atomic E-state index is 9.00. The number of aromatic hydroxyl groups is 1. The number of hydrogen-bond donors (Lipinski definition) is 2. The summed E-state index contributed by atoms with van der Waals surface area (Å²) in [7, 11) is 0. The third-order valence-corrected chi connectivity index (χ3v) is 1.71. The van der Waals surface area contributed by atoms with Crippen molar-refractivity contribution in [2.75, 3.05) is 0 Å². The van der Waals surface area contributed by atoms with Crippen molar-refractivity contribution < 1.29 is 5.11 Å². The molecule has 0 fully saturated rings. The van der Waals surface area contributed by atoms with Gasteiger partial charge in [0.15, 0.2) is 0 Å². The lowest BCUT2D eigenvalue weighted by Crippen LogP contribution is -1.90. The lowest BCUT2D eigenvalue weighted by atomic mass is 10.2. The molecule has 2 heterocycles. The van der Waals surface area contributed by atoms with Gasteiger partial charge in [-0.25, -0.2) is 4.98 Å². The Morgan fingerprint density at radius 2 is 2.31 bits per heavy atom. The van der Waals surface area contributed by atoms with Crippen molar-refractivity contribution in [1.29, 1.82) is 0 Å². The maximum Gasteiger partial charge on any atom is 0.208 e. The second-order valence-corrected chi connectivity index (χ2v) is 2.75. The number of pyridine rings is 1. The van der Waals surface area contributed by atoms with E-state index in [4.69, 9.17) is 5.11 Å². The molecule has 0 unspecified atom stereocenters. The molecule has 0 amide bonds. The first-order chi connectivity index (χ1) is 6.34. The summed E-state index contributed by atoms with van der Waals surface area (Å²) in [4.78, 5) is 10.7. The molecule has 0 spiro atoms. The van der Waals surface area contributed by atoms with Gasteiger partial charge in [-0.15, -0.1) is 0 Å². The van der Waals surface area contributed by atoms with Gasteiger partial charge in [0.2, 0.25) is 5.88 Å². The van der Waals surface area contributed by atoms with E-state index in [2.05, 4.69) is 15.0 Å². The van der Waals surface area contributed by atoms with Gasteiger partial charge in [-0.05, 0) is 11.6 Å². The summed E-state index contributed by atoms with van der Waals surface area (Å²) in [5, 5.41) is 9.00. The molecule has 0 bridgehead atoms. The van der Waals surface area contributed by atoms with Crippen LogP contribution in [0, 0.1) is 0 Å². The van der Waals surface area contributed by atoms with Gasteiger partial charge >= 0.3 is 0 Å². The van der Waals surface area contributed by atoms with Crippen LogP contribution in [-0.2, 0) is 6.42 Å². The number of nitrogens with zero attached hydrogens (tertiary/aromatic N) is 2. The Labute approximate surface area is 75.3 Å². The monoisotopic (exact) mass is 175 g/mol. The fraction of sp³-hybridized carbons (Fsp3) is 0.111. The number of aromatic nitrogens is 3. The van der Waals surface area contributed by atoms with Crippen LogP contribution in [0.3, 0.4) is 0 Å². The highest BCUT2D eigenvalue weighted by molar-refractivity contribution is 5.16. The van der Waals surface area contributed by atoms with E-state index in [0.717, 1.165) is 11.4 Å². The minimum atomic E-state index is 0.0962. The molecule has 0 saturated heterocycles. The van der Waals surface area contributed by atoms with Gasteiger partial charge in [-0.2, -0.15) is 0 Å². The first kappa shape index (κ1) is 7.79. The fourth-order valence-corrected chi connectivity index (χ4v) is 1.14. The van der Waals surface area contributed by atoms with E-state index in [1.165, 1.54) is 6.20 Å². The number of rotatable bonds is 2. The smallest absolute Gasteiger partial charge is 0.208 e. The quantitative estimate of drug-likeness (QED) is 0.718. The van der Waals surface area contributed by atoms with E-state index in [9.17, 15) is 0 Å². The summed E-state index contributed by atoms with van der Waals surface area (Å²) in [6.45, 7) is 0. The maximum atomic E-state index is 9.00. The molecule has 0 aliphatic carbocycles. The first-order valence-corrected chi connectivity index (χ1v) is 3.96. The average molecular weight is 175 g/mol. The molecule has 66 valence electrons. The SMILES string of the molecule is Oc1cnc(Cc2cccnc2)[nH]1. The Morgan fingerprint density at radius 1 is 1.38 bits per heavy atom. The molecule has 0 atom stereocenters. The summed E-state index contributed by atoms with van der Waals surface area (Å²) >= 11 is 0. The van der Waals surface area contributed by atoms with Crippen molar-refractivity contribution in [2.24, 2.45) is 0 Å². The Kier molecular flexibility index (Phi) is 1.96. The van der Waals surface area contributed by atoms with Crippen molar-refractivity contribution in [3.8, 4) is 5.88 Å². The minimum Gasteiger partial charge on any atom is -0.493 e. The standard InChI is InChI=1S/C9H9N3O/c13-9-6-11-8(12-9)4-7-2-1-3-10-5-7/h1-3,5-6,13H,4H2,(H,11,12). The number of nitrogens with one attached hydrogen (secondary N) is 1. The van der Waals surface area contributed by atoms with Gasteiger partial charge < -0.3 is 10.1 Å². The van der Waals surface area contributed by atoms with Gasteiger partial charge in [0.1, 0.15) is 5.82 Å². The molecule has 0 radical (unpaired) electrons.